The maximum absolute atomic E-state index is 6.25. The van der Waals surface area contributed by atoms with Crippen LogP contribution in [0.3, 0.4) is 0 Å². The minimum absolute atomic E-state index is 0.0992. The van der Waals surface area contributed by atoms with E-state index in [1.54, 1.807) is 0 Å². The van der Waals surface area contributed by atoms with Crippen molar-refractivity contribution in [3.63, 3.8) is 0 Å². The molecule has 3 heteroatoms. The average molecular weight is 320 g/mol. The van der Waals surface area contributed by atoms with Gasteiger partial charge >= 0.3 is 0 Å². The fraction of sp³-hybridized carbons (Fsp3) is 0.286. The van der Waals surface area contributed by atoms with Gasteiger partial charge in [-0.3, -0.25) is 4.68 Å². The fourth-order valence-corrected chi connectivity index (χ4v) is 2.88. The van der Waals surface area contributed by atoms with E-state index < -0.39 is 0 Å². The lowest BCUT2D eigenvalue weighted by atomic mass is 10.0. The number of rotatable bonds is 6. The first-order valence-electron chi connectivity index (χ1n) is 8.49. The van der Waals surface area contributed by atoms with E-state index in [-0.39, 0.29) is 6.10 Å². The number of nitrogens with zero attached hydrogens (tertiary/aromatic N) is 2. The zero-order chi connectivity index (χ0) is 16.9. The van der Waals surface area contributed by atoms with E-state index in [9.17, 15) is 0 Å². The van der Waals surface area contributed by atoms with Gasteiger partial charge in [0.25, 0.3) is 0 Å². The first kappa shape index (κ1) is 16.3. The molecule has 0 radical (unpaired) electrons. The van der Waals surface area contributed by atoms with Crippen molar-refractivity contribution in [3.05, 3.63) is 72.1 Å². The van der Waals surface area contributed by atoms with Gasteiger partial charge in [-0.25, -0.2) is 0 Å². The van der Waals surface area contributed by atoms with E-state index in [2.05, 4.69) is 55.3 Å². The summed E-state index contributed by atoms with van der Waals surface area (Å²) in [7, 11) is 1.96. The number of aromatic nitrogens is 2. The van der Waals surface area contributed by atoms with Gasteiger partial charge in [0.1, 0.15) is 11.9 Å². The monoisotopic (exact) mass is 320 g/mol. The van der Waals surface area contributed by atoms with Crippen LogP contribution in [0.5, 0.6) is 5.75 Å². The Balaban J connectivity index is 1.78. The van der Waals surface area contributed by atoms with E-state index in [0.717, 1.165) is 29.8 Å². The first-order chi connectivity index (χ1) is 11.7. The zero-order valence-corrected chi connectivity index (χ0v) is 14.6. The first-order valence-corrected chi connectivity index (χ1v) is 8.49. The van der Waals surface area contributed by atoms with E-state index in [1.807, 2.05) is 36.1 Å². The van der Waals surface area contributed by atoms with Gasteiger partial charge in [0.2, 0.25) is 0 Å². The van der Waals surface area contributed by atoms with E-state index in [1.165, 1.54) is 11.1 Å². The molecule has 0 fully saturated rings. The summed E-state index contributed by atoms with van der Waals surface area (Å²) in [5.74, 6) is 0.905. The van der Waals surface area contributed by atoms with Crippen LogP contribution in [-0.2, 0) is 7.05 Å². The zero-order valence-electron chi connectivity index (χ0n) is 14.6. The molecule has 0 spiro atoms. The third-order valence-electron chi connectivity index (χ3n) is 4.40. The van der Waals surface area contributed by atoms with E-state index in [0.29, 0.717) is 0 Å². The summed E-state index contributed by atoms with van der Waals surface area (Å²) in [6.07, 6.45) is 4.11. The summed E-state index contributed by atoms with van der Waals surface area (Å²) in [5, 5.41) is 4.31. The molecule has 1 unspecified atom stereocenters. The summed E-state index contributed by atoms with van der Waals surface area (Å²) in [5.41, 5.74) is 4.72. The molecule has 2 aromatic carbocycles. The molecule has 0 bridgehead atoms. The average Bonchev–Trinajstić information content (AvgIpc) is 2.95. The molecule has 1 aromatic heterocycles. The highest BCUT2D eigenvalue weighted by Gasteiger charge is 2.13. The Hall–Kier alpha value is -2.55. The molecule has 0 saturated heterocycles. The van der Waals surface area contributed by atoms with Gasteiger partial charge in [-0.05, 0) is 36.6 Å². The molecular weight excluding hydrogens is 296 g/mol. The Labute approximate surface area is 143 Å². The SMILES string of the molecule is CCCC(Oc1ccc(-c2cnn(C)c2C)cc1)c1ccccc1. The number of hydrogen-bond acceptors (Lipinski definition) is 2. The molecule has 0 N–H and O–H groups in total. The van der Waals surface area contributed by atoms with Gasteiger partial charge in [-0.1, -0.05) is 55.8 Å². The van der Waals surface area contributed by atoms with Gasteiger partial charge < -0.3 is 4.74 Å². The molecule has 124 valence electrons. The van der Waals surface area contributed by atoms with Crippen molar-refractivity contribution in [3.8, 4) is 16.9 Å². The van der Waals surface area contributed by atoms with Gasteiger partial charge in [-0.15, -0.1) is 0 Å². The van der Waals surface area contributed by atoms with Gasteiger partial charge in [0.15, 0.2) is 0 Å². The Morgan fingerprint density at radius 3 is 2.33 bits per heavy atom. The number of ether oxygens (including phenoxy) is 1. The van der Waals surface area contributed by atoms with Crippen molar-refractivity contribution in [2.24, 2.45) is 7.05 Å². The molecule has 3 nitrogen and oxygen atoms in total. The molecule has 0 aliphatic heterocycles. The predicted molar refractivity (Wildman–Crippen MR) is 98.1 cm³/mol. The molecule has 3 rings (SSSR count). The lowest BCUT2D eigenvalue weighted by Gasteiger charge is -2.19. The predicted octanol–water partition coefficient (Wildman–Crippen LogP) is 5.32. The minimum atomic E-state index is 0.0992. The van der Waals surface area contributed by atoms with Crippen molar-refractivity contribution in [1.82, 2.24) is 9.78 Å². The molecule has 3 aromatic rings. The maximum atomic E-state index is 6.25. The van der Waals surface area contributed by atoms with Crippen LogP contribution < -0.4 is 4.74 Å². The molecule has 0 amide bonds. The van der Waals surface area contributed by atoms with Gasteiger partial charge in [0.05, 0.1) is 6.20 Å². The van der Waals surface area contributed by atoms with Gasteiger partial charge in [0, 0.05) is 18.3 Å². The van der Waals surface area contributed by atoms with E-state index >= 15 is 0 Å². The Morgan fingerprint density at radius 1 is 1.04 bits per heavy atom. The quantitative estimate of drug-likeness (QED) is 0.615. The smallest absolute Gasteiger partial charge is 0.124 e. The maximum Gasteiger partial charge on any atom is 0.124 e. The van der Waals surface area contributed by atoms with Crippen LogP contribution >= 0.6 is 0 Å². The van der Waals surface area contributed by atoms with Crippen molar-refractivity contribution in [2.75, 3.05) is 0 Å². The summed E-state index contributed by atoms with van der Waals surface area (Å²) in [4.78, 5) is 0. The lowest BCUT2D eigenvalue weighted by Crippen LogP contribution is -2.07. The summed E-state index contributed by atoms with van der Waals surface area (Å²) >= 11 is 0. The molecule has 0 saturated carbocycles. The topological polar surface area (TPSA) is 27.1 Å². The molecular formula is C21H24N2O. The second kappa shape index (κ2) is 7.35. The van der Waals surface area contributed by atoms with Crippen LogP contribution in [0, 0.1) is 6.92 Å². The highest BCUT2D eigenvalue weighted by molar-refractivity contribution is 5.65. The summed E-state index contributed by atoms with van der Waals surface area (Å²) in [6.45, 7) is 4.27. The lowest BCUT2D eigenvalue weighted by molar-refractivity contribution is 0.194. The highest BCUT2D eigenvalue weighted by Crippen LogP contribution is 2.29. The fourth-order valence-electron chi connectivity index (χ4n) is 2.88. The molecule has 0 aliphatic rings. The Bertz CT molecular complexity index is 775. The minimum Gasteiger partial charge on any atom is -0.486 e. The van der Waals surface area contributed by atoms with E-state index in [4.69, 9.17) is 4.74 Å². The highest BCUT2D eigenvalue weighted by atomic mass is 16.5. The van der Waals surface area contributed by atoms with Crippen molar-refractivity contribution in [2.45, 2.75) is 32.8 Å². The third-order valence-corrected chi connectivity index (χ3v) is 4.40. The normalized spacial score (nSPS) is 12.1. The Kier molecular flexibility index (Phi) is 4.99. The van der Waals surface area contributed by atoms with Crippen LogP contribution in [0.2, 0.25) is 0 Å². The largest absolute Gasteiger partial charge is 0.486 e. The van der Waals surface area contributed by atoms with Crippen molar-refractivity contribution >= 4 is 0 Å². The third kappa shape index (κ3) is 3.51. The summed E-state index contributed by atoms with van der Waals surface area (Å²) < 4.78 is 8.14. The standard InChI is InChI=1S/C21H24N2O/c1-4-8-21(18-9-6-5-7-10-18)24-19-13-11-17(12-14-19)20-15-22-23(3)16(20)2/h5-7,9-15,21H,4,8H2,1-3H3. The second-order valence-corrected chi connectivity index (χ2v) is 6.10. The molecule has 0 aliphatic carbocycles. The molecule has 1 heterocycles. The van der Waals surface area contributed by atoms with Crippen LogP contribution in [0.25, 0.3) is 11.1 Å². The summed E-state index contributed by atoms with van der Waals surface area (Å²) in [6, 6.07) is 18.7. The van der Waals surface area contributed by atoms with Crippen LogP contribution in [0.1, 0.15) is 37.1 Å². The number of hydrogen-bond donors (Lipinski definition) is 0. The van der Waals surface area contributed by atoms with Crippen molar-refractivity contribution < 1.29 is 4.74 Å². The second-order valence-electron chi connectivity index (χ2n) is 6.10. The number of aryl methyl sites for hydroxylation is 1. The van der Waals surface area contributed by atoms with Crippen molar-refractivity contribution in [1.29, 1.82) is 0 Å². The van der Waals surface area contributed by atoms with Gasteiger partial charge in [-0.2, -0.15) is 5.10 Å². The van der Waals surface area contributed by atoms with Crippen LogP contribution in [-0.4, -0.2) is 9.78 Å². The molecule has 24 heavy (non-hydrogen) atoms. The van der Waals surface area contributed by atoms with Crippen LogP contribution in [0.15, 0.2) is 60.8 Å². The Morgan fingerprint density at radius 2 is 1.75 bits per heavy atom. The molecule has 1 atom stereocenters. The number of benzene rings is 2. The van der Waals surface area contributed by atoms with Crippen LogP contribution in [0.4, 0.5) is 0 Å².